The maximum Gasteiger partial charge on any atom is 0.253 e. The molecule has 1 amide bonds. The summed E-state index contributed by atoms with van der Waals surface area (Å²) in [6.45, 7) is 4.59. The summed E-state index contributed by atoms with van der Waals surface area (Å²) >= 11 is 1.67. The van der Waals surface area contributed by atoms with Crippen LogP contribution in [0.2, 0.25) is 0 Å². The highest BCUT2D eigenvalue weighted by molar-refractivity contribution is 7.89. The number of rotatable bonds is 9. The highest BCUT2D eigenvalue weighted by Gasteiger charge is 2.27. The zero-order valence-corrected chi connectivity index (χ0v) is 22.3. The summed E-state index contributed by atoms with van der Waals surface area (Å²) in [6, 6.07) is 16.0. The van der Waals surface area contributed by atoms with Crippen LogP contribution in [0.1, 0.15) is 35.7 Å². The fourth-order valence-corrected chi connectivity index (χ4v) is 6.82. The van der Waals surface area contributed by atoms with Crippen molar-refractivity contribution in [2.45, 2.75) is 31.1 Å². The van der Waals surface area contributed by atoms with Gasteiger partial charge in [0.2, 0.25) is 10.0 Å². The number of carbonyl (C=O) groups excluding carboxylic acids is 1. The monoisotopic (exact) mass is 536 g/mol. The summed E-state index contributed by atoms with van der Waals surface area (Å²) in [4.78, 5) is 22.0. The number of aryl methyl sites for hydroxylation is 1. The second kappa shape index (κ2) is 11.7. The lowest BCUT2D eigenvalue weighted by Gasteiger charge is -2.34. The van der Waals surface area contributed by atoms with E-state index in [1.165, 1.54) is 34.5 Å². The number of hydrogen-bond donors (Lipinski definition) is 0. The molecular formula is C26H28N6O3S2. The summed E-state index contributed by atoms with van der Waals surface area (Å²) in [5.74, 6) is -0.146. The van der Waals surface area contributed by atoms with Crippen LogP contribution in [0.3, 0.4) is 0 Å². The second-order valence-electron chi connectivity index (χ2n) is 8.64. The zero-order chi connectivity index (χ0) is 26.4. The van der Waals surface area contributed by atoms with Gasteiger partial charge in [-0.1, -0.05) is 30.4 Å². The van der Waals surface area contributed by atoms with Gasteiger partial charge in [0.15, 0.2) is 5.13 Å². The Labute approximate surface area is 221 Å². The number of amides is 1. The summed E-state index contributed by atoms with van der Waals surface area (Å²) in [7, 11) is -3.87. The van der Waals surface area contributed by atoms with Crippen molar-refractivity contribution in [1.29, 1.82) is 10.5 Å². The van der Waals surface area contributed by atoms with E-state index in [9.17, 15) is 13.2 Å². The van der Waals surface area contributed by atoms with Gasteiger partial charge >= 0.3 is 0 Å². The van der Waals surface area contributed by atoms with Crippen LogP contribution >= 0.6 is 11.3 Å². The molecule has 1 aromatic heterocycles. The van der Waals surface area contributed by atoms with Gasteiger partial charge in [0, 0.05) is 57.7 Å². The van der Waals surface area contributed by atoms with Crippen LogP contribution in [0.25, 0.3) is 10.2 Å². The molecule has 1 fully saturated rings. The van der Waals surface area contributed by atoms with Crippen LogP contribution in [0.5, 0.6) is 0 Å². The number of piperazine rings is 1. The molecule has 0 aliphatic carbocycles. The Morgan fingerprint density at radius 2 is 1.68 bits per heavy atom. The highest BCUT2D eigenvalue weighted by Crippen LogP contribution is 2.31. The van der Waals surface area contributed by atoms with Crippen LogP contribution in [-0.4, -0.2) is 67.8 Å². The summed E-state index contributed by atoms with van der Waals surface area (Å²) in [5.41, 5.74) is 2.70. The van der Waals surface area contributed by atoms with Crippen molar-refractivity contribution in [3.05, 3.63) is 53.6 Å². The Kier molecular flexibility index (Phi) is 8.39. The molecule has 0 spiro atoms. The minimum atomic E-state index is -3.87. The molecule has 0 saturated carbocycles. The third-order valence-electron chi connectivity index (χ3n) is 6.39. The Morgan fingerprint density at radius 3 is 2.27 bits per heavy atom. The van der Waals surface area contributed by atoms with E-state index in [0.29, 0.717) is 31.7 Å². The van der Waals surface area contributed by atoms with E-state index in [1.807, 2.05) is 12.1 Å². The van der Waals surface area contributed by atoms with Gasteiger partial charge in [0.1, 0.15) is 0 Å². The zero-order valence-electron chi connectivity index (χ0n) is 20.6. The van der Waals surface area contributed by atoms with Gasteiger partial charge < -0.3 is 9.80 Å². The van der Waals surface area contributed by atoms with Crippen molar-refractivity contribution in [1.82, 2.24) is 14.2 Å². The molecule has 2 aromatic carbocycles. The van der Waals surface area contributed by atoms with Gasteiger partial charge in [-0.25, -0.2) is 13.4 Å². The smallest absolute Gasteiger partial charge is 0.253 e. The van der Waals surface area contributed by atoms with Gasteiger partial charge in [-0.3, -0.25) is 4.79 Å². The van der Waals surface area contributed by atoms with Crippen LogP contribution in [0.15, 0.2) is 47.4 Å². The minimum absolute atomic E-state index is 0.0138. The second-order valence-corrected chi connectivity index (χ2v) is 11.6. The van der Waals surface area contributed by atoms with E-state index in [-0.39, 0.29) is 36.7 Å². The predicted octanol–water partition coefficient (Wildman–Crippen LogP) is 3.64. The quantitative estimate of drug-likeness (QED) is 0.409. The molecule has 1 aliphatic rings. The number of hydrogen-bond acceptors (Lipinski definition) is 8. The molecule has 4 rings (SSSR count). The topological polar surface area (TPSA) is 121 Å². The molecule has 0 radical (unpaired) electrons. The van der Waals surface area contributed by atoms with Gasteiger partial charge in [-0.2, -0.15) is 14.8 Å². The average molecular weight is 537 g/mol. The summed E-state index contributed by atoms with van der Waals surface area (Å²) < 4.78 is 28.3. The van der Waals surface area contributed by atoms with E-state index in [2.05, 4.69) is 30.0 Å². The molecule has 0 atom stereocenters. The fourth-order valence-electron chi connectivity index (χ4n) is 4.32. The number of nitrogens with zero attached hydrogens (tertiary/aromatic N) is 6. The number of fused-ring (bicyclic) bond motifs is 1. The Bertz CT molecular complexity index is 1430. The molecule has 37 heavy (non-hydrogen) atoms. The molecule has 192 valence electrons. The van der Waals surface area contributed by atoms with E-state index in [1.54, 1.807) is 16.2 Å². The molecular weight excluding hydrogens is 508 g/mol. The van der Waals surface area contributed by atoms with Crippen molar-refractivity contribution >= 4 is 42.6 Å². The van der Waals surface area contributed by atoms with Crippen molar-refractivity contribution in [3.63, 3.8) is 0 Å². The lowest BCUT2D eigenvalue weighted by molar-refractivity contribution is 0.0746. The van der Waals surface area contributed by atoms with E-state index in [0.717, 1.165) is 21.4 Å². The number of nitriles is 2. The number of benzene rings is 2. The largest absolute Gasteiger partial charge is 0.345 e. The molecule has 1 saturated heterocycles. The van der Waals surface area contributed by atoms with Crippen LogP contribution < -0.4 is 4.90 Å². The molecule has 9 nitrogen and oxygen atoms in total. The van der Waals surface area contributed by atoms with Gasteiger partial charge in [-0.05, 0) is 42.3 Å². The normalized spacial score (nSPS) is 14.1. The number of sulfonamides is 1. The molecule has 0 bridgehead atoms. The lowest BCUT2D eigenvalue weighted by Crippen LogP contribution is -2.48. The van der Waals surface area contributed by atoms with Gasteiger partial charge in [0.25, 0.3) is 5.91 Å². The van der Waals surface area contributed by atoms with E-state index >= 15 is 0 Å². The molecule has 11 heteroatoms. The van der Waals surface area contributed by atoms with Crippen LogP contribution in [-0.2, 0) is 16.4 Å². The van der Waals surface area contributed by atoms with E-state index < -0.39 is 10.0 Å². The summed E-state index contributed by atoms with van der Waals surface area (Å²) in [6.07, 6.45) is 0.995. The van der Waals surface area contributed by atoms with Crippen molar-refractivity contribution in [3.8, 4) is 12.1 Å². The number of aromatic nitrogens is 1. The van der Waals surface area contributed by atoms with Crippen molar-refractivity contribution < 1.29 is 13.2 Å². The summed E-state index contributed by atoms with van der Waals surface area (Å²) in [5, 5.41) is 18.7. The average Bonchev–Trinajstić information content (AvgIpc) is 3.37. The number of carbonyl (C=O) groups is 1. The number of thiazole rings is 1. The predicted molar refractivity (Wildman–Crippen MR) is 143 cm³/mol. The Hall–Kier alpha value is -3.51. The molecule has 3 aromatic rings. The maximum absolute atomic E-state index is 13.1. The third-order valence-corrected chi connectivity index (χ3v) is 9.39. The minimum Gasteiger partial charge on any atom is -0.345 e. The maximum atomic E-state index is 13.1. The van der Waals surface area contributed by atoms with E-state index in [4.69, 9.17) is 15.5 Å². The first-order valence-electron chi connectivity index (χ1n) is 12.2. The fraction of sp³-hybridized carbons (Fsp3) is 0.385. The first-order valence-corrected chi connectivity index (χ1v) is 14.4. The lowest BCUT2D eigenvalue weighted by atomic mass is 10.1. The first kappa shape index (κ1) is 26.6. The van der Waals surface area contributed by atoms with Gasteiger partial charge in [0.05, 0.1) is 27.3 Å². The molecule has 1 aliphatic heterocycles. The van der Waals surface area contributed by atoms with Crippen molar-refractivity contribution in [2.75, 3.05) is 44.2 Å². The highest BCUT2D eigenvalue weighted by atomic mass is 32.2. The SMILES string of the molecule is CCc1cccc2sc(N3CCN(C(=O)c4ccc(S(=O)(=O)N(CCC#N)CCC#N)cc4)CC3)nc12. The van der Waals surface area contributed by atoms with Gasteiger partial charge in [-0.15, -0.1) is 0 Å². The van der Waals surface area contributed by atoms with Crippen LogP contribution in [0, 0.1) is 22.7 Å². The van der Waals surface area contributed by atoms with Crippen LogP contribution in [0.4, 0.5) is 5.13 Å². The standard InChI is InChI=1S/C26H28N6O3S2/c1-2-20-6-3-7-23-24(20)29-26(36-23)31-18-16-30(17-19-31)25(33)21-8-10-22(11-9-21)37(34,35)32(14-4-12-27)15-5-13-28/h3,6-11H,2,4-5,14-19H2,1H3. The molecule has 0 N–H and O–H groups in total. The number of para-hydroxylation sites is 1. The Balaban J connectivity index is 1.41. The third kappa shape index (κ3) is 5.75. The Morgan fingerprint density at radius 1 is 1.03 bits per heavy atom. The number of anilines is 1. The molecule has 0 unspecified atom stereocenters. The molecule has 2 heterocycles. The van der Waals surface area contributed by atoms with Crippen molar-refractivity contribution in [2.24, 2.45) is 0 Å². The first-order chi connectivity index (χ1) is 17.9.